The standard InChI is InChI=1S/C24H38N2O6Si4/c1-15-12-16(17-10-11-25-14-19(17)26(27)28)13-18(23(2,3)21(29-33-6)30-34-7)20(15)24(4,5)22(31-35-8)32-36-9/h10-11,13-15,18,20-22H,12H2,1-9H3/t15-,18-,20+/m0/s1. The van der Waals surface area contributed by atoms with Crippen molar-refractivity contribution < 1.29 is 22.6 Å². The van der Waals surface area contributed by atoms with E-state index in [1.54, 1.807) is 12.3 Å². The maximum absolute atomic E-state index is 11.8. The van der Waals surface area contributed by atoms with E-state index in [2.05, 4.69) is 45.7 Å². The van der Waals surface area contributed by atoms with E-state index in [9.17, 15) is 10.1 Å². The lowest BCUT2D eigenvalue weighted by atomic mass is 9.55. The second-order valence-electron chi connectivity index (χ2n) is 10.2. The molecule has 0 aromatic carbocycles. The molecule has 0 N–H and O–H groups in total. The third kappa shape index (κ3) is 6.90. The van der Waals surface area contributed by atoms with E-state index in [1.165, 1.54) is 6.20 Å². The number of hydrogen-bond donors (Lipinski definition) is 0. The van der Waals surface area contributed by atoms with Gasteiger partial charge in [-0.15, -0.1) is 0 Å². The molecule has 1 aliphatic carbocycles. The molecule has 1 aromatic heterocycles. The molecule has 0 amide bonds. The summed E-state index contributed by atoms with van der Waals surface area (Å²) in [7, 11) is 1.17. The van der Waals surface area contributed by atoms with Gasteiger partial charge in [0.15, 0.2) is 0 Å². The third-order valence-electron chi connectivity index (χ3n) is 7.10. The lowest BCUT2D eigenvalue weighted by Crippen LogP contribution is -2.53. The van der Waals surface area contributed by atoms with Crippen LogP contribution in [0.4, 0.5) is 5.69 Å². The van der Waals surface area contributed by atoms with E-state index in [1.807, 2.05) is 26.2 Å². The molecular formula is C24H38N2O6Si4. The fourth-order valence-electron chi connectivity index (χ4n) is 5.49. The van der Waals surface area contributed by atoms with Crippen molar-refractivity contribution in [3.63, 3.8) is 0 Å². The Morgan fingerprint density at radius 3 is 1.94 bits per heavy atom. The summed E-state index contributed by atoms with van der Waals surface area (Å²) in [6.07, 6.45) is 5.12. The van der Waals surface area contributed by atoms with Gasteiger partial charge in [-0.05, 0) is 62.0 Å². The summed E-state index contributed by atoms with van der Waals surface area (Å²) < 4.78 is 24.6. The van der Waals surface area contributed by atoms with Crippen molar-refractivity contribution in [2.45, 2.75) is 79.8 Å². The highest BCUT2D eigenvalue weighted by atomic mass is 28.2. The van der Waals surface area contributed by atoms with Gasteiger partial charge >= 0.3 is 0 Å². The molecule has 0 spiro atoms. The van der Waals surface area contributed by atoms with Crippen LogP contribution in [0, 0.1) is 38.7 Å². The van der Waals surface area contributed by atoms with E-state index in [0.717, 1.165) is 5.57 Å². The summed E-state index contributed by atoms with van der Waals surface area (Å²) in [5.74, 6) is 0.317. The largest absolute Gasteiger partial charge is 0.394 e. The van der Waals surface area contributed by atoms with Gasteiger partial charge in [0.2, 0.25) is 39.1 Å². The molecule has 12 heteroatoms. The highest BCUT2D eigenvalue weighted by molar-refractivity contribution is 6.26. The van der Waals surface area contributed by atoms with Crippen LogP contribution in [0.2, 0.25) is 26.2 Å². The predicted molar refractivity (Wildman–Crippen MR) is 146 cm³/mol. The molecule has 8 nitrogen and oxygen atoms in total. The molecule has 1 heterocycles. The zero-order valence-corrected chi connectivity index (χ0v) is 26.7. The molecule has 36 heavy (non-hydrogen) atoms. The number of allylic oxidation sites excluding steroid dienone is 2. The molecule has 196 valence electrons. The van der Waals surface area contributed by atoms with Gasteiger partial charge in [-0.3, -0.25) is 15.1 Å². The first-order chi connectivity index (χ1) is 17.0. The van der Waals surface area contributed by atoms with Crippen molar-refractivity contribution in [3.8, 4) is 0 Å². The van der Waals surface area contributed by atoms with Gasteiger partial charge in [0.05, 0.1) is 10.5 Å². The minimum Gasteiger partial charge on any atom is -0.394 e. The predicted octanol–water partition coefficient (Wildman–Crippen LogP) is 5.09. The Labute approximate surface area is 226 Å². The van der Waals surface area contributed by atoms with Gasteiger partial charge in [0.25, 0.3) is 5.69 Å². The van der Waals surface area contributed by atoms with Crippen LogP contribution in [-0.2, 0) is 17.7 Å². The fraction of sp³-hybridized carbons (Fsp3) is 0.708. The molecule has 2 rings (SSSR count). The zero-order chi connectivity index (χ0) is 27.1. The van der Waals surface area contributed by atoms with E-state index in [4.69, 9.17) is 17.7 Å². The molecule has 0 saturated carbocycles. The molecule has 0 saturated heterocycles. The number of hydrogen-bond acceptors (Lipinski definition) is 7. The highest BCUT2D eigenvalue weighted by Crippen LogP contribution is 2.55. The highest BCUT2D eigenvalue weighted by Gasteiger charge is 2.53. The number of rotatable bonds is 14. The maximum atomic E-state index is 11.8. The molecule has 3 atom stereocenters. The Morgan fingerprint density at radius 2 is 1.47 bits per heavy atom. The van der Waals surface area contributed by atoms with Gasteiger partial charge in [-0.1, -0.05) is 40.7 Å². The summed E-state index contributed by atoms with van der Waals surface area (Å²) in [5.41, 5.74) is 0.854. The normalized spacial score (nSPS) is 21.2. The summed E-state index contributed by atoms with van der Waals surface area (Å²) in [6, 6.07) is 1.75. The smallest absolute Gasteiger partial charge is 0.294 e. The topological polar surface area (TPSA) is 93.0 Å². The SMILES string of the molecule is C[Si]OC(O[Si]C)C(C)(C)[C@@H]1[C@@H](C)CC(c2ccncc2[N+](=O)[O-])=C[C@@H]1C(C)(C)C(O[Si]C)O[Si]C. The van der Waals surface area contributed by atoms with E-state index in [-0.39, 0.29) is 59.6 Å². The van der Waals surface area contributed by atoms with Gasteiger partial charge in [0.1, 0.15) is 18.8 Å². The van der Waals surface area contributed by atoms with Crippen LogP contribution in [0.5, 0.6) is 0 Å². The van der Waals surface area contributed by atoms with Crippen molar-refractivity contribution in [2.75, 3.05) is 0 Å². The van der Waals surface area contributed by atoms with Crippen LogP contribution in [0.25, 0.3) is 5.57 Å². The molecule has 1 aromatic rings. The first-order valence-corrected chi connectivity index (χ1v) is 17.7. The molecule has 0 unspecified atom stereocenters. The molecule has 0 bridgehead atoms. The number of aromatic nitrogens is 1. The van der Waals surface area contributed by atoms with E-state index in [0.29, 0.717) is 31.5 Å². The van der Waals surface area contributed by atoms with Crippen molar-refractivity contribution in [3.05, 3.63) is 40.2 Å². The van der Waals surface area contributed by atoms with Gasteiger partial charge in [0, 0.05) is 17.0 Å². The van der Waals surface area contributed by atoms with Gasteiger partial charge < -0.3 is 17.7 Å². The average Bonchev–Trinajstić information content (AvgIpc) is 2.83. The molecule has 8 radical (unpaired) electrons. The van der Waals surface area contributed by atoms with Crippen LogP contribution in [-0.4, -0.2) is 61.5 Å². The van der Waals surface area contributed by atoms with Crippen LogP contribution in [0.3, 0.4) is 0 Å². The fourth-order valence-corrected chi connectivity index (χ4v) is 7.95. The third-order valence-corrected chi connectivity index (χ3v) is 8.90. The van der Waals surface area contributed by atoms with E-state index < -0.39 is 11.7 Å². The van der Waals surface area contributed by atoms with E-state index >= 15 is 0 Å². The van der Waals surface area contributed by atoms with Crippen LogP contribution >= 0.6 is 0 Å². The van der Waals surface area contributed by atoms with Crippen molar-refractivity contribution >= 4 is 50.3 Å². The molecule has 0 aliphatic heterocycles. The minimum absolute atomic E-state index is 0.0215. The zero-order valence-electron chi connectivity index (χ0n) is 22.7. The Hall–Kier alpha value is -1.00. The van der Waals surface area contributed by atoms with Crippen molar-refractivity contribution in [2.24, 2.45) is 28.6 Å². The Kier molecular flexibility index (Phi) is 11.9. The minimum atomic E-state index is -0.427. The van der Waals surface area contributed by atoms with Crippen LogP contribution < -0.4 is 0 Å². The Balaban J connectivity index is 2.73. The monoisotopic (exact) mass is 562 g/mol. The second-order valence-corrected chi connectivity index (χ2v) is 12.7. The molecular weight excluding hydrogens is 525 g/mol. The number of nitrogens with zero attached hydrogens (tertiary/aromatic N) is 2. The number of nitro groups is 1. The Bertz CT molecular complexity index is 889. The van der Waals surface area contributed by atoms with Crippen molar-refractivity contribution in [1.82, 2.24) is 4.98 Å². The summed E-state index contributed by atoms with van der Waals surface area (Å²) >= 11 is 0. The summed E-state index contributed by atoms with van der Waals surface area (Å²) in [6.45, 7) is 19.1. The van der Waals surface area contributed by atoms with Crippen LogP contribution in [0.1, 0.15) is 46.6 Å². The lowest BCUT2D eigenvalue weighted by molar-refractivity contribution is -0.385. The van der Waals surface area contributed by atoms with Crippen LogP contribution in [0.15, 0.2) is 24.5 Å². The summed E-state index contributed by atoms with van der Waals surface area (Å²) in [4.78, 5) is 15.5. The molecule has 0 fully saturated rings. The first-order valence-electron chi connectivity index (χ1n) is 12.1. The first kappa shape index (κ1) is 31.2. The summed E-state index contributed by atoms with van der Waals surface area (Å²) in [5, 5.41) is 11.8. The van der Waals surface area contributed by atoms with Crippen molar-refractivity contribution in [1.29, 1.82) is 0 Å². The average molecular weight is 563 g/mol. The second kappa shape index (κ2) is 13.7. The quantitative estimate of drug-likeness (QED) is 0.135. The Morgan fingerprint density at radius 1 is 0.972 bits per heavy atom. The lowest BCUT2D eigenvalue weighted by Gasteiger charge is -2.54. The number of pyridine rings is 1. The van der Waals surface area contributed by atoms with Gasteiger partial charge in [-0.25, -0.2) is 0 Å². The maximum Gasteiger partial charge on any atom is 0.294 e. The molecule has 1 aliphatic rings. The van der Waals surface area contributed by atoms with Gasteiger partial charge in [-0.2, -0.15) is 0 Å².